The normalized spacial score (nSPS) is 33.5. The maximum Gasteiger partial charge on any atom is 0.303 e. The zero-order valence-corrected chi connectivity index (χ0v) is 20.5. The number of nitrogens with one attached hydrogen (secondary N) is 2. The summed E-state index contributed by atoms with van der Waals surface area (Å²) in [5.74, 6) is -2.19. The summed E-state index contributed by atoms with van der Waals surface area (Å²) < 4.78 is 27.4. The lowest BCUT2D eigenvalue weighted by Crippen LogP contribution is -2.66. The van der Waals surface area contributed by atoms with E-state index in [-0.39, 0.29) is 24.7 Å². The standard InChI is InChI=1S/C23H34N2O10/c1-12(26)24-19-21(34-15(4)29)20(33-14(3)28)17(10-31-13(2)27)35-22(19)32-11-18(30)25-23-7-5-16(9-23)6-8-23/h16-17,19-22H,5-11H2,1-4H3,(H,24,26)(H,25,30)/t16?,17-,19-,20+,21-,22-,23?/m1/s1. The Morgan fingerprint density at radius 3 is 2.06 bits per heavy atom. The van der Waals surface area contributed by atoms with E-state index in [1.54, 1.807) is 0 Å². The van der Waals surface area contributed by atoms with E-state index in [0.29, 0.717) is 5.92 Å². The summed E-state index contributed by atoms with van der Waals surface area (Å²) in [5.41, 5.74) is -0.200. The van der Waals surface area contributed by atoms with Crippen LogP contribution in [-0.2, 0) is 47.7 Å². The van der Waals surface area contributed by atoms with E-state index in [1.807, 2.05) is 0 Å². The first kappa shape index (κ1) is 26.9. The van der Waals surface area contributed by atoms with Crippen molar-refractivity contribution in [1.29, 1.82) is 0 Å². The highest BCUT2D eigenvalue weighted by molar-refractivity contribution is 5.78. The molecular weight excluding hydrogens is 464 g/mol. The third kappa shape index (κ3) is 7.14. The molecular formula is C23H34N2O10. The van der Waals surface area contributed by atoms with Crippen molar-refractivity contribution < 1.29 is 47.7 Å². The second-order valence-electron chi connectivity index (χ2n) is 9.51. The first-order chi connectivity index (χ1) is 16.5. The van der Waals surface area contributed by atoms with E-state index in [9.17, 15) is 24.0 Å². The molecule has 0 spiro atoms. The van der Waals surface area contributed by atoms with Crippen molar-refractivity contribution in [3.63, 3.8) is 0 Å². The summed E-state index contributed by atoms with van der Waals surface area (Å²) in [7, 11) is 0. The molecule has 196 valence electrons. The molecule has 3 rings (SSSR count). The maximum absolute atomic E-state index is 12.7. The minimum Gasteiger partial charge on any atom is -0.463 e. The van der Waals surface area contributed by atoms with Gasteiger partial charge in [-0.1, -0.05) is 0 Å². The van der Waals surface area contributed by atoms with Crippen LogP contribution in [-0.4, -0.2) is 79.1 Å². The predicted molar refractivity (Wildman–Crippen MR) is 117 cm³/mol. The molecule has 0 radical (unpaired) electrons. The number of ether oxygens (including phenoxy) is 5. The molecule has 0 aromatic carbocycles. The van der Waals surface area contributed by atoms with Crippen LogP contribution >= 0.6 is 0 Å². The van der Waals surface area contributed by atoms with Gasteiger partial charge < -0.3 is 34.3 Å². The molecule has 3 aliphatic rings. The third-order valence-corrected chi connectivity index (χ3v) is 6.60. The van der Waals surface area contributed by atoms with Crippen LogP contribution in [0.3, 0.4) is 0 Å². The SMILES string of the molecule is CC(=O)N[C@H]1[C@H](OCC(=O)NC23CCC(CC2)C3)O[C@H](COC(C)=O)[C@H](OC(C)=O)[C@@H]1OC(C)=O. The maximum atomic E-state index is 12.7. The molecule has 3 fully saturated rings. The van der Waals surface area contributed by atoms with E-state index in [1.165, 1.54) is 13.8 Å². The molecule has 12 heteroatoms. The number of esters is 3. The van der Waals surface area contributed by atoms with Gasteiger partial charge in [-0.25, -0.2) is 0 Å². The van der Waals surface area contributed by atoms with Gasteiger partial charge in [-0.15, -0.1) is 0 Å². The Morgan fingerprint density at radius 2 is 1.54 bits per heavy atom. The summed E-state index contributed by atoms with van der Waals surface area (Å²) in [6.07, 6.45) is 0.208. The second kappa shape index (κ2) is 11.3. The number of carbonyl (C=O) groups is 5. The van der Waals surface area contributed by atoms with Gasteiger partial charge in [0.2, 0.25) is 11.8 Å². The van der Waals surface area contributed by atoms with Crippen LogP contribution < -0.4 is 10.6 Å². The summed E-state index contributed by atoms with van der Waals surface area (Å²) in [4.78, 5) is 59.7. The van der Waals surface area contributed by atoms with E-state index in [0.717, 1.165) is 46.0 Å². The second-order valence-corrected chi connectivity index (χ2v) is 9.51. The molecule has 0 aromatic rings. The zero-order chi connectivity index (χ0) is 25.8. The fourth-order valence-corrected chi connectivity index (χ4v) is 5.29. The van der Waals surface area contributed by atoms with Crippen LogP contribution in [0.5, 0.6) is 0 Å². The summed E-state index contributed by atoms with van der Waals surface area (Å²) in [6.45, 7) is 4.04. The predicted octanol–water partition coefficient (Wildman–Crippen LogP) is 0.108. The molecule has 35 heavy (non-hydrogen) atoms. The zero-order valence-electron chi connectivity index (χ0n) is 20.5. The Labute approximate surface area is 203 Å². The quantitative estimate of drug-likeness (QED) is 0.330. The van der Waals surface area contributed by atoms with Crippen LogP contribution in [0.2, 0.25) is 0 Å². The van der Waals surface area contributed by atoms with Gasteiger partial charge in [-0.2, -0.15) is 0 Å². The number of fused-ring (bicyclic) bond motifs is 2. The van der Waals surface area contributed by atoms with Crippen molar-refractivity contribution in [3.8, 4) is 0 Å². The van der Waals surface area contributed by atoms with Gasteiger partial charge in [-0.3, -0.25) is 24.0 Å². The van der Waals surface area contributed by atoms with Gasteiger partial charge in [0.05, 0.1) is 0 Å². The van der Waals surface area contributed by atoms with E-state index in [2.05, 4.69) is 10.6 Å². The van der Waals surface area contributed by atoms with Crippen molar-refractivity contribution in [3.05, 3.63) is 0 Å². The molecule has 0 unspecified atom stereocenters. The molecule has 2 bridgehead atoms. The lowest BCUT2D eigenvalue weighted by Gasteiger charge is -2.44. The van der Waals surface area contributed by atoms with Gasteiger partial charge >= 0.3 is 17.9 Å². The molecule has 1 saturated heterocycles. The minimum absolute atomic E-state index is 0.200. The Morgan fingerprint density at radius 1 is 0.914 bits per heavy atom. The van der Waals surface area contributed by atoms with Crippen LogP contribution in [0, 0.1) is 5.92 Å². The topological polar surface area (TPSA) is 156 Å². The Bertz CT molecular complexity index is 838. The van der Waals surface area contributed by atoms with Gasteiger partial charge in [-0.05, 0) is 38.0 Å². The van der Waals surface area contributed by atoms with Crippen molar-refractivity contribution in [2.24, 2.45) is 5.92 Å². The lowest BCUT2D eigenvalue weighted by molar-refractivity contribution is -0.276. The molecule has 0 aromatic heterocycles. The highest BCUT2D eigenvalue weighted by Crippen LogP contribution is 2.47. The van der Waals surface area contributed by atoms with Crippen molar-refractivity contribution in [2.45, 2.75) is 96.0 Å². The fourth-order valence-electron chi connectivity index (χ4n) is 5.29. The fraction of sp³-hybridized carbons (Fsp3) is 0.783. The average Bonchev–Trinajstić information content (AvgIpc) is 3.33. The first-order valence-electron chi connectivity index (χ1n) is 11.8. The Kier molecular flexibility index (Phi) is 8.70. The van der Waals surface area contributed by atoms with Crippen molar-refractivity contribution >= 4 is 29.7 Å². The van der Waals surface area contributed by atoms with Crippen LogP contribution in [0.4, 0.5) is 0 Å². The Balaban J connectivity index is 1.78. The third-order valence-electron chi connectivity index (χ3n) is 6.60. The first-order valence-corrected chi connectivity index (χ1v) is 11.8. The molecule has 1 aliphatic heterocycles. The number of amides is 2. The number of carbonyl (C=O) groups excluding carboxylic acids is 5. The summed E-state index contributed by atoms with van der Waals surface area (Å²) in [5, 5.41) is 5.68. The molecule has 2 N–H and O–H groups in total. The monoisotopic (exact) mass is 498 g/mol. The van der Waals surface area contributed by atoms with Gasteiger partial charge in [0, 0.05) is 33.2 Å². The number of hydrogen-bond donors (Lipinski definition) is 2. The van der Waals surface area contributed by atoms with Gasteiger partial charge in [0.1, 0.15) is 25.4 Å². The highest BCUT2D eigenvalue weighted by atomic mass is 16.7. The average molecular weight is 499 g/mol. The van der Waals surface area contributed by atoms with Crippen LogP contribution in [0.1, 0.15) is 59.8 Å². The smallest absolute Gasteiger partial charge is 0.303 e. The molecule has 1 heterocycles. The van der Waals surface area contributed by atoms with Crippen LogP contribution in [0.25, 0.3) is 0 Å². The largest absolute Gasteiger partial charge is 0.463 e. The van der Waals surface area contributed by atoms with Gasteiger partial charge in [0.25, 0.3) is 0 Å². The molecule has 2 amide bonds. The molecule has 12 nitrogen and oxygen atoms in total. The van der Waals surface area contributed by atoms with E-state index >= 15 is 0 Å². The highest BCUT2D eigenvalue weighted by Gasteiger charge is 2.52. The van der Waals surface area contributed by atoms with Crippen molar-refractivity contribution in [2.75, 3.05) is 13.2 Å². The number of rotatable bonds is 9. The molecule has 5 atom stereocenters. The Hall–Kier alpha value is -2.73. The molecule has 2 saturated carbocycles. The summed E-state index contributed by atoms with van der Waals surface area (Å²) in [6, 6.07) is -1.11. The van der Waals surface area contributed by atoms with E-state index in [4.69, 9.17) is 23.7 Å². The number of hydrogen-bond acceptors (Lipinski definition) is 10. The van der Waals surface area contributed by atoms with Crippen LogP contribution in [0.15, 0.2) is 0 Å². The summed E-state index contributed by atoms with van der Waals surface area (Å²) >= 11 is 0. The minimum atomic E-state index is -1.27. The lowest BCUT2D eigenvalue weighted by atomic mass is 9.94. The van der Waals surface area contributed by atoms with E-state index < -0.39 is 54.5 Å². The van der Waals surface area contributed by atoms with Crippen molar-refractivity contribution in [1.82, 2.24) is 10.6 Å². The van der Waals surface area contributed by atoms with Gasteiger partial charge in [0.15, 0.2) is 18.5 Å². The molecule has 2 aliphatic carbocycles.